The summed E-state index contributed by atoms with van der Waals surface area (Å²) in [5, 5.41) is 13.1. The standard InChI is InChI=1S/C20H26N2O3/c1-20(2,24)14-22(3)18(15-8-6-5-7-9-15)19(23)21-16-10-12-17(25-4)13-11-16/h5-13,18,24H,14H2,1-4H3,(H,21,23). The van der Waals surface area contributed by atoms with E-state index in [9.17, 15) is 9.90 Å². The van der Waals surface area contributed by atoms with E-state index >= 15 is 0 Å². The van der Waals surface area contributed by atoms with E-state index in [1.54, 1.807) is 45.2 Å². The van der Waals surface area contributed by atoms with Crippen LogP contribution in [0.5, 0.6) is 5.75 Å². The van der Waals surface area contributed by atoms with Crippen LogP contribution in [0.1, 0.15) is 25.5 Å². The maximum atomic E-state index is 12.9. The lowest BCUT2D eigenvalue weighted by molar-refractivity contribution is -0.122. The number of anilines is 1. The van der Waals surface area contributed by atoms with Crippen LogP contribution in [0, 0.1) is 0 Å². The molecule has 0 spiro atoms. The maximum Gasteiger partial charge on any atom is 0.246 e. The number of hydrogen-bond donors (Lipinski definition) is 2. The van der Waals surface area contributed by atoms with Gasteiger partial charge in [-0.25, -0.2) is 0 Å². The van der Waals surface area contributed by atoms with Crippen molar-refractivity contribution in [1.29, 1.82) is 0 Å². The molecule has 25 heavy (non-hydrogen) atoms. The minimum absolute atomic E-state index is 0.150. The molecule has 5 nitrogen and oxygen atoms in total. The summed E-state index contributed by atoms with van der Waals surface area (Å²) in [7, 11) is 3.44. The van der Waals surface area contributed by atoms with E-state index in [2.05, 4.69) is 5.32 Å². The molecule has 1 unspecified atom stereocenters. The van der Waals surface area contributed by atoms with Gasteiger partial charge in [-0.1, -0.05) is 30.3 Å². The van der Waals surface area contributed by atoms with E-state index in [0.717, 1.165) is 11.3 Å². The Labute approximate surface area is 149 Å². The average molecular weight is 342 g/mol. The third-order valence-electron chi connectivity index (χ3n) is 3.80. The normalized spacial score (nSPS) is 12.7. The molecular formula is C20H26N2O3. The molecule has 0 aliphatic carbocycles. The van der Waals surface area contributed by atoms with E-state index in [0.29, 0.717) is 12.2 Å². The molecule has 0 fully saturated rings. The van der Waals surface area contributed by atoms with Crippen LogP contribution in [-0.4, -0.2) is 42.2 Å². The van der Waals surface area contributed by atoms with Crippen molar-refractivity contribution >= 4 is 11.6 Å². The fourth-order valence-electron chi connectivity index (χ4n) is 2.83. The zero-order valence-electron chi connectivity index (χ0n) is 15.2. The van der Waals surface area contributed by atoms with Gasteiger partial charge in [0.05, 0.1) is 12.7 Å². The predicted octanol–water partition coefficient (Wildman–Crippen LogP) is 3.08. The van der Waals surface area contributed by atoms with Crippen molar-refractivity contribution in [1.82, 2.24) is 4.90 Å². The van der Waals surface area contributed by atoms with Gasteiger partial charge in [0.1, 0.15) is 11.8 Å². The first-order valence-electron chi connectivity index (χ1n) is 8.22. The Balaban J connectivity index is 2.22. The van der Waals surface area contributed by atoms with Crippen LogP contribution in [-0.2, 0) is 4.79 Å². The molecule has 134 valence electrons. The zero-order chi connectivity index (χ0) is 18.4. The number of carbonyl (C=O) groups is 1. The number of ether oxygens (including phenoxy) is 1. The molecule has 0 radical (unpaired) electrons. The summed E-state index contributed by atoms with van der Waals surface area (Å²) in [6, 6.07) is 16.2. The first-order chi connectivity index (χ1) is 11.8. The van der Waals surface area contributed by atoms with Gasteiger partial charge < -0.3 is 15.2 Å². The Morgan fingerprint density at radius 2 is 1.76 bits per heavy atom. The molecular weight excluding hydrogens is 316 g/mol. The van der Waals surface area contributed by atoms with Crippen molar-refractivity contribution < 1.29 is 14.6 Å². The molecule has 1 atom stereocenters. The number of hydrogen-bond acceptors (Lipinski definition) is 4. The van der Waals surface area contributed by atoms with Crippen molar-refractivity contribution in [2.45, 2.75) is 25.5 Å². The fraction of sp³-hybridized carbons (Fsp3) is 0.350. The number of likely N-dealkylation sites (N-methyl/N-ethyl adjacent to an activating group) is 1. The molecule has 2 aromatic carbocycles. The van der Waals surface area contributed by atoms with Crippen LogP contribution in [0.4, 0.5) is 5.69 Å². The minimum atomic E-state index is -0.901. The largest absolute Gasteiger partial charge is 0.497 e. The van der Waals surface area contributed by atoms with Gasteiger partial charge in [0.2, 0.25) is 5.91 Å². The number of methoxy groups -OCH3 is 1. The van der Waals surface area contributed by atoms with Crippen molar-refractivity contribution in [2.24, 2.45) is 0 Å². The van der Waals surface area contributed by atoms with Crippen molar-refractivity contribution in [3.63, 3.8) is 0 Å². The molecule has 2 aromatic rings. The highest BCUT2D eigenvalue weighted by Crippen LogP contribution is 2.24. The highest BCUT2D eigenvalue weighted by atomic mass is 16.5. The summed E-state index contributed by atoms with van der Waals surface area (Å²) in [6.07, 6.45) is 0. The third kappa shape index (κ3) is 5.59. The molecule has 5 heteroatoms. The number of nitrogens with one attached hydrogen (secondary N) is 1. The number of aliphatic hydroxyl groups is 1. The smallest absolute Gasteiger partial charge is 0.246 e. The number of nitrogens with zero attached hydrogens (tertiary/aromatic N) is 1. The first-order valence-corrected chi connectivity index (χ1v) is 8.22. The lowest BCUT2D eigenvalue weighted by Crippen LogP contribution is -2.42. The van der Waals surface area contributed by atoms with Gasteiger partial charge in [-0.2, -0.15) is 0 Å². The van der Waals surface area contributed by atoms with Gasteiger partial charge in [0.25, 0.3) is 0 Å². The lowest BCUT2D eigenvalue weighted by Gasteiger charge is -2.32. The number of carbonyl (C=O) groups excluding carboxylic acids is 1. The van der Waals surface area contributed by atoms with E-state index in [-0.39, 0.29) is 5.91 Å². The van der Waals surface area contributed by atoms with Gasteiger partial charge in [-0.3, -0.25) is 9.69 Å². The molecule has 0 saturated heterocycles. The summed E-state index contributed by atoms with van der Waals surface area (Å²) in [5.74, 6) is 0.583. The molecule has 2 rings (SSSR count). The number of rotatable bonds is 7. The van der Waals surface area contributed by atoms with Gasteiger partial charge in [0, 0.05) is 12.2 Å². The Morgan fingerprint density at radius 1 is 1.16 bits per heavy atom. The molecule has 0 saturated carbocycles. The Morgan fingerprint density at radius 3 is 2.28 bits per heavy atom. The maximum absolute atomic E-state index is 12.9. The van der Waals surface area contributed by atoms with Gasteiger partial charge in [0.15, 0.2) is 0 Å². The van der Waals surface area contributed by atoms with Crippen molar-refractivity contribution in [2.75, 3.05) is 26.0 Å². The first kappa shape index (κ1) is 19.0. The van der Waals surface area contributed by atoms with Crippen LogP contribution in [0.25, 0.3) is 0 Å². The topological polar surface area (TPSA) is 61.8 Å². The second-order valence-electron chi connectivity index (χ2n) is 6.76. The van der Waals surface area contributed by atoms with Crippen LogP contribution in [0.15, 0.2) is 54.6 Å². The summed E-state index contributed by atoms with van der Waals surface area (Å²) in [5.41, 5.74) is 0.672. The average Bonchev–Trinajstić information content (AvgIpc) is 2.55. The van der Waals surface area contributed by atoms with E-state index in [1.807, 2.05) is 42.3 Å². The predicted molar refractivity (Wildman–Crippen MR) is 99.7 cm³/mol. The Hall–Kier alpha value is -2.37. The highest BCUT2D eigenvalue weighted by molar-refractivity contribution is 5.95. The second-order valence-corrected chi connectivity index (χ2v) is 6.76. The number of benzene rings is 2. The summed E-state index contributed by atoms with van der Waals surface area (Å²) in [6.45, 7) is 3.82. The zero-order valence-corrected chi connectivity index (χ0v) is 15.2. The van der Waals surface area contributed by atoms with Crippen LogP contribution in [0.3, 0.4) is 0 Å². The van der Waals surface area contributed by atoms with E-state index < -0.39 is 11.6 Å². The van der Waals surface area contributed by atoms with Gasteiger partial charge >= 0.3 is 0 Å². The van der Waals surface area contributed by atoms with Crippen LogP contribution < -0.4 is 10.1 Å². The fourth-order valence-corrected chi connectivity index (χ4v) is 2.83. The van der Waals surface area contributed by atoms with Crippen molar-refractivity contribution in [3.05, 3.63) is 60.2 Å². The quantitative estimate of drug-likeness (QED) is 0.812. The van der Waals surface area contributed by atoms with Crippen LogP contribution in [0.2, 0.25) is 0 Å². The summed E-state index contributed by atoms with van der Waals surface area (Å²) >= 11 is 0. The molecule has 1 amide bonds. The van der Waals surface area contributed by atoms with Crippen molar-refractivity contribution in [3.8, 4) is 5.75 Å². The van der Waals surface area contributed by atoms with E-state index in [1.165, 1.54) is 0 Å². The van der Waals surface area contributed by atoms with Gasteiger partial charge in [-0.05, 0) is 50.7 Å². The summed E-state index contributed by atoms with van der Waals surface area (Å²) in [4.78, 5) is 14.8. The highest BCUT2D eigenvalue weighted by Gasteiger charge is 2.28. The monoisotopic (exact) mass is 342 g/mol. The van der Waals surface area contributed by atoms with Gasteiger partial charge in [-0.15, -0.1) is 0 Å². The molecule has 2 N–H and O–H groups in total. The van der Waals surface area contributed by atoms with E-state index in [4.69, 9.17) is 4.74 Å². The third-order valence-corrected chi connectivity index (χ3v) is 3.80. The molecule has 0 aliphatic rings. The molecule has 0 bridgehead atoms. The van der Waals surface area contributed by atoms with Crippen LogP contribution >= 0.6 is 0 Å². The SMILES string of the molecule is COc1ccc(NC(=O)C(c2ccccc2)N(C)CC(C)(C)O)cc1. The summed E-state index contributed by atoms with van der Waals surface area (Å²) < 4.78 is 5.14. The lowest BCUT2D eigenvalue weighted by atomic mass is 10.0. The molecule has 0 aromatic heterocycles. The Kier molecular flexibility index (Phi) is 6.17. The molecule has 0 heterocycles. The second kappa shape index (κ2) is 8.14. The molecule has 0 aliphatic heterocycles. The minimum Gasteiger partial charge on any atom is -0.497 e. The Bertz CT molecular complexity index is 678. The number of amides is 1.